The van der Waals surface area contributed by atoms with Crippen LogP contribution >= 0.6 is 0 Å². The molecule has 90 valence electrons. The van der Waals surface area contributed by atoms with Crippen LogP contribution in [-0.4, -0.2) is 35.3 Å². The zero-order chi connectivity index (χ0) is 11.6. The molecule has 5 heteroatoms. The second-order valence-corrected chi connectivity index (χ2v) is 3.60. The van der Waals surface area contributed by atoms with Gasteiger partial charge >= 0.3 is 0 Å². The van der Waals surface area contributed by atoms with E-state index in [1.54, 1.807) is 12.4 Å². The first kappa shape index (κ1) is 12.7. The third-order valence-electron chi connectivity index (χ3n) is 2.28. The van der Waals surface area contributed by atoms with E-state index in [0.29, 0.717) is 6.61 Å². The predicted molar refractivity (Wildman–Crippen MR) is 65.6 cm³/mol. The van der Waals surface area contributed by atoms with Crippen LogP contribution in [0.1, 0.15) is 25.7 Å². The van der Waals surface area contributed by atoms with Crippen molar-refractivity contribution in [2.24, 2.45) is 0 Å². The van der Waals surface area contributed by atoms with Crippen molar-refractivity contribution < 1.29 is 5.11 Å². The number of nitrogens with one attached hydrogen (secondary N) is 2. The Morgan fingerprint density at radius 1 is 1.12 bits per heavy atom. The molecule has 0 aliphatic rings. The number of nitrogens with zero attached hydrogens (tertiary/aromatic N) is 2. The lowest BCUT2D eigenvalue weighted by Gasteiger charge is -2.06. The molecule has 1 aromatic rings. The molecule has 0 amide bonds. The largest absolute Gasteiger partial charge is 0.396 e. The number of aromatic nitrogens is 2. The zero-order valence-corrected chi connectivity index (χ0v) is 9.74. The molecule has 3 N–H and O–H groups in total. The van der Waals surface area contributed by atoms with Crippen molar-refractivity contribution >= 4 is 11.6 Å². The minimum absolute atomic E-state index is 0.295. The maximum atomic E-state index is 8.62. The molecule has 1 aromatic heterocycles. The Bertz CT molecular complexity index is 293. The summed E-state index contributed by atoms with van der Waals surface area (Å²) >= 11 is 0. The van der Waals surface area contributed by atoms with Crippen molar-refractivity contribution in [1.82, 2.24) is 9.97 Å². The highest BCUT2D eigenvalue weighted by Gasteiger charge is 1.96. The lowest BCUT2D eigenvalue weighted by molar-refractivity contribution is 0.283. The summed E-state index contributed by atoms with van der Waals surface area (Å²) in [5.74, 6) is 1.57. The van der Waals surface area contributed by atoms with Crippen molar-refractivity contribution in [2.45, 2.75) is 25.7 Å². The Morgan fingerprint density at radius 2 is 1.88 bits per heavy atom. The van der Waals surface area contributed by atoms with E-state index in [9.17, 15) is 0 Å². The molecule has 0 bridgehead atoms. The second-order valence-electron chi connectivity index (χ2n) is 3.60. The standard InChI is InChI=1S/C11H20N4O/c1-12-10-8-13-9-11(15-10)14-6-4-2-3-5-7-16/h8-9,16H,2-7H2,1H3,(H2,12,14,15). The average Bonchev–Trinajstić information content (AvgIpc) is 2.34. The summed E-state index contributed by atoms with van der Waals surface area (Å²) < 4.78 is 0. The molecule has 0 spiro atoms. The fourth-order valence-electron chi connectivity index (χ4n) is 1.38. The molecule has 0 aliphatic heterocycles. The zero-order valence-electron chi connectivity index (χ0n) is 9.74. The Morgan fingerprint density at radius 3 is 2.62 bits per heavy atom. The van der Waals surface area contributed by atoms with Gasteiger partial charge in [0.25, 0.3) is 0 Å². The van der Waals surface area contributed by atoms with E-state index in [1.807, 2.05) is 7.05 Å². The van der Waals surface area contributed by atoms with E-state index in [0.717, 1.165) is 43.9 Å². The number of rotatable bonds is 8. The fraction of sp³-hybridized carbons (Fsp3) is 0.636. The van der Waals surface area contributed by atoms with Gasteiger partial charge < -0.3 is 15.7 Å². The minimum atomic E-state index is 0.295. The summed E-state index contributed by atoms with van der Waals surface area (Å²) in [5, 5.41) is 14.8. The van der Waals surface area contributed by atoms with Crippen LogP contribution in [0.25, 0.3) is 0 Å². The van der Waals surface area contributed by atoms with E-state index in [4.69, 9.17) is 5.11 Å². The first-order valence-corrected chi connectivity index (χ1v) is 5.71. The van der Waals surface area contributed by atoms with Crippen LogP contribution in [-0.2, 0) is 0 Å². The van der Waals surface area contributed by atoms with Crippen LogP contribution < -0.4 is 10.6 Å². The van der Waals surface area contributed by atoms with Gasteiger partial charge in [-0.1, -0.05) is 12.8 Å². The molecule has 5 nitrogen and oxygen atoms in total. The molecule has 16 heavy (non-hydrogen) atoms. The van der Waals surface area contributed by atoms with E-state index < -0.39 is 0 Å². The van der Waals surface area contributed by atoms with E-state index in [2.05, 4.69) is 20.6 Å². The van der Waals surface area contributed by atoms with E-state index in [-0.39, 0.29) is 0 Å². The lowest BCUT2D eigenvalue weighted by atomic mass is 10.2. The van der Waals surface area contributed by atoms with Gasteiger partial charge in [-0.15, -0.1) is 0 Å². The third-order valence-corrected chi connectivity index (χ3v) is 2.28. The second kappa shape index (κ2) is 7.87. The van der Waals surface area contributed by atoms with Gasteiger partial charge in [-0.25, -0.2) is 4.98 Å². The number of unbranched alkanes of at least 4 members (excludes halogenated alkanes) is 3. The summed E-state index contributed by atoms with van der Waals surface area (Å²) in [6.07, 6.45) is 7.61. The minimum Gasteiger partial charge on any atom is -0.396 e. The Kier molecular flexibility index (Phi) is 6.25. The maximum Gasteiger partial charge on any atom is 0.146 e. The molecule has 0 aliphatic carbocycles. The Balaban J connectivity index is 2.16. The van der Waals surface area contributed by atoms with Crippen LogP contribution in [0.4, 0.5) is 11.6 Å². The first-order valence-electron chi connectivity index (χ1n) is 5.71. The highest BCUT2D eigenvalue weighted by atomic mass is 16.2. The molecular formula is C11H20N4O. The summed E-state index contributed by atoms with van der Waals surface area (Å²) in [6, 6.07) is 0. The van der Waals surface area contributed by atoms with Crippen molar-refractivity contribution in [3.8, 4) is 0 Å². The third kappa shape index (κ3) is 4.93. The van der Waals surface area contributed by atoms with Crippen LogP contribution in [0.5, 0.6) is 0 Å². The first-order chi connectivity index (χ1) is 7.86. The number of aliphatic hydroxyl groups excluding tert-OH is 1. The van der Waals surface area contributed by atoms with Crippen LogP contribution in [0.3, 0.4) is 0 Å². The van der Waals surface area contributed by atoms with Crippen molar-refractivity contribution in [3.63, 3.8) is 0 Å². The maximum absolute atomic E-state index is 8.62. The SMILES string of the molecule is CNc1cncc(NCCCCCCO)n1. The molecule has 1 heterocycles. The lowest BCUT2D eigenvalue weighted by Crippen LogP contribution is -2.05. The molecule has 0 saturated carbocycles. The number of hydrogen-bond acceptors (Lipinski definition) is 5. The van der Waals surface area contributed by atoms with Crippen LogP contribution in [0.2, 0.25) is 0 Å². The summed E-state index contributed by atoms with van der Waals surface area (Å²) in [5.41, 5.74) is 0. The molecular weight excluding hydrogens is 204 g/mol. The number of hydrogen-bond donors (Lipinski definition) is 3. The summed E-state index contributed by atoms with van der Waals surface area (Å²) in [7, 11) is 1.82. The molecule has 1 rings (SSSR count). The summed E-state index contributed by atoms with van der Waals surface area (Å²) in [6.45, 7) is 1.19. The number of aliphatic hydroxyl groups is 1. The summed E-state index contributed by atoms with van der Waals surface area (Å²) in [4.78, 5) is 8.36. The van der Waals surface area contributed by atoms with Crippen molar-refractivity contribution in [3.05, 3.63) is 12.4 Å². The van der Waals surface area contributed by atoms with Gasteiger partial charge in [0, 0.05) is 20.2 Å². The molecule has 0 atom stereocenters. The quantitative estimate of drug-likeness (QED) is 0.583. The van der Waals surface area contributed by atoms with Crippen LogP contribution in [0, 0.1) is 0 Å². The van der Waals surface area contributed by atoms with Crippen molar-refractivity contribution in [2.75, 3.05) is 30.8 Å². The van der Waals surface area contributed by atoms with Gasteiger partial charge in [-0.05, 0) is 12.8 Å². The smallest absolute Gasteiger partial charge is 0.146 e. The van der Waals surface area contributed by atoms with E-state index in [1.165, 1.54) is 0 Å². The molecule has 0 radical (unpaired) electrons. The highest BCUT2D eigenvalue weighted by Crippen LogP contribution is 2.06. The molecule has 0 saturated heterocycles. The fourth-order valence-corrected chi connectivity index (χ4v) is 1.38. The van der Waals surface area contributed by atoms with Gasteiger partial charge in [-0.2, -0.15) is 0 Å². The van der Waals surface area contributed by atoms with Gasteiger partial charge in [0.1, 0.15) is 11.6 Å². The topological polar surface area (TPSA) is 70.1 Å². The molecule has 0 fully saturated rings. The van der Waals surface area contributed by atoms with Gasteiger partial charge in [-0.3, -0.25) is 4.98 Å². The normalized spacial score (nSPS) is 10.1. The number of anilines is 2. The van der Waals surface area contributed by atoms with Gasteiger partial charge in [0.2, 0.25) is 0 Å². The molecule has 0 aromatic carbocycles. The Hall–Kier alpha value is -1.36. The molecule has 0 unspecified atom stereocenters. The van der Waals surface area contributed by atoms with Gasteiger partial charge in [0.05, 0.1) is 12.4 Å². The monoisotopic (exact) mass is 224 g/mol. The van der Waals surface area contributed by atoms with Gasteiger partial charge in [0.15, 0.2) is 0 Å². The predicted octanol–water partition coefficient (Wildman–Crippen LogP) is 1.48. The average molecular weight is 224 g/mol. The Labute approximate surface area is 96.3 Å². The van der Waals surface area contributed by atoms with E-state index >= 15 is 0 Å². The van der Waals surface area contributed by atoms with Crippen LogP contribution in [0.15, 0.2) is 12.4 Å². The van der Waals surface area contributed by atoms with Crippen molar-refractivity contribution in [1.29, 1.82) is 0 Å². The highest BCUT2D eigenvalue weighted by molar-refractivity contribution is 5.40.